The number of fused-ring (bicyclic) bond motifs is 1. The third-order valence-corrected chi connectivity index (χ3v) is 9.29. The normalized spacial score (nSPS) is 20.2. The third kappa shape index (κ3) is 5.02. The Labute approximate surface area is 225 Å². The molecule has 0 atom stereocenters. The summed E-state index contributed by atoms with van der Waals surface area (Å²) in [6.45, 7) is 4.49. The van der Waals surface area contributed by atoms with E-state index in [0.29, 0.717) is 17.0 Å². The minimum atomic E-state index is -3.18. The minimum Gasteiger partial charge on any atom is -0.368 e. The molecule has 2 aliphatic rings. The van der Waals surface area contributed by atoms with Crippen LogP contribution in [0.15, 0.2) is 83.9 Å². The van der Waals surface area contributed by atoms with Crippen molar-refractivity contribution in [2.75, 3.05) is 49.3 Å². The van der Waals surface area contributed by atoms with Gasteiger partial charge >= 0.3 is 0 Å². The number of hydrogen-bond donors (Lipinski definition) is 0. The summed E-state index contributed by atoms with van der Waals surface area (Å²) in [7, 11) is -0.942. The van der Waals surface area contributed by atoms with Crippen molar-refractivity contribution < 1.29 is 8.42 Å². The van der Waals surface area contributed by atoms with Gasteiger partial charge in [-0.15, -0.1) is 0 Å². The zero-order valence-electron chi connectivity index (χ0n) is 22.1. The summed E-state index contributed by atoms with van der Waals surface area (Å²) < 4.78 is 25.9. The maximum Gasteiger partial charge on any atom is 0.175 e. The summed E-state index contributed by atoms with van der Waals surface area (Å²) in [4.78, 5) is 12.6. The molecule has 198 valence electrons. The van der Waals surface area contributed by atoms with Crippen LogP contribution in [0.25, 0.3) is 11.0 Å². The lowest BCUT2D eigenvalue weighted by Crippen LogP contribution is -2.46. The second kappa shape index (κ2) is 10.1. The van der Waals surface area contributed by atoms with E-state index in [-0.39, 0.29) is 0 Å². The molecule has 8 heteroatoms. The molecule has 0 N–H and O–H groups in total. The predicted molar refractivity (Wildman–Crippen MR) is 154 cm³/mol. The van der Waals surface area contributed by atoms with Gasteiger partial charge in [0.05, 0.1) is 4.90 Å². The Kier molecular flexibility index (Phi) is 6.61. The highest BCUT2D eigenvalue weighted by Gasteiger charge is 2.34. The molecule has 1 saturated heterocycles. The van der Waals surface area contributed by atoms with Crippen LogP contribution in [0, 0.1) is 0 Å². The van der Waals surface area contributed by atoms with Crippen LogP contribution in [0.5, 0.6) is 0 Å². The molecule has 0 amide bonds. The minimum absolute atomic E-state index is 0.362. The van der Waals surface area contributed by atoms with Crippen LogP contribution >= 0.6 is 0 Å². The quantitative estimate of drug-likeness (QED) is 0.349. The maximum atomic E-state index is 11.8. The summed E-state index contributed by atoms with van der Waals surface area (Å²) in [6.07, 6.45) is 5.75. The van der Waals surface area contributed by atoms with Gasteiger partial charge in [0.15, 0.2) is 9.84 Å². The number of benzene rings is 2. The van der Waals surface area contributed by atoms with E-state index >= 15 is 0 Å². The van der Waals surface area contributed by atoms with Crippen LogP contribution in [-0.4, -0.2) is 68.4 Å². The van der Waals surface area contributed by atoms with E-state index in [1.807, 2.05) is 12.1 Å². The van der Waals surface area contributed by atoms with Crippen LogP contribution in [0.2, 0.25) is 0 Å². The fourth-order valence-electron chi connectivity index (χ4n) is 5.73. The first-order valence-electron chi connectivity index (χ1n) is 13.4. The fraction of sp³-hybridized carbons (Fsp3) is 0.367. The number of aromatic nitrogens is 2. The molecule has 0 spiro atoms. The molecule has 0 radical (unpaired) electrons. The summed E-state index contributed by atoms with van der Waals surface area (Å²) in [5, 5.41) is 1.19. The average molecular weight is 530 g/mol. The predicted octanol–water partition coefficient (Wildman–Crippen LogP) is 4.60. The Morgan fingerprint density at radius 3 is 2.24 bits per heavy atom. The number of rotatable bonds is 7. The smallest absolute Gasteiger partial charge is 0.175 e. The van der Waals surface area contributed by atoms with Crippen LogP contribution in [0.1, 0.15) is 24.4 Å². The molecule has 1 saturated carbocycles. The van der Waals surface area contributed by atoms with E-state index in [2.05, 4.69) is 81.0 Å². The lowest BCUT2D eigenvalue weighted by atomic mass is 9.85. The Balaban J connectivity index is 1.09. The van der Waals surface area contributed by atoms with Crippen molar-refractivity contribution >= 4 is 32.4 Å². The van der Waals surface area contributed by atoms with Gasteiger partial charge in [0, 0.05) is 68.3 Å². The number of anilines is 2. The third-order valence-electron chi connectivity index (χ3n) is 8.16. The van der Waals surface area contributed by atoms with Gasteiger partial charge in [-0.25, -0.2) is 13.4 Å². The van der Waals surface area contributed by atoms with Gasteiger partial charge in [0.25, 0.3) is 0 Å². The molecule has 4 aromatic rings. The van der Waals surface area contributed by atoms with Crippen LogP contribution < -0.4 is 9.80 Å². The Morgan fingerprint density at radius 2 is 1.55 bits per heavy atom. The van der Waals surface area contributed by atoms with E-state index < -0.39 is 9.84 Å². The lowest BCUT2D eigenvalue weighted by Gasteiger charge is -2.42. The highest BCUT2D eigenvalue weighted by atomic mass is 32.2. The SMILES string of the molecule is CN(Cc1ccccc1)[C@H]1C[C@H](n2ccc3ccc(N4CCN(c5ccc(S(C)(=O)=O)cc5)CC4)nc32)C1. The molecule has 3 heterocycles. The van der Waals surface area contributed by atoms with E-state index in [1.165, 1.54) is 17.2 Å². The van der Waals surface area contributed by atoms with Crippen LogP contribution in [0.4, 0.5) is 11.5 Å². The van der Waals surface area contributed by atoms with Crippen LogP contribution in [0.3, 0.4) is 0 Å². The molecule has 2 fully saturated rings. The number of piperazine rings is 1. The van der Waals surface area contributed by atoms with Crippen molar-refractivity contribution in [3.05, 3.63) is 84.6 Å². The molecule has 2 aromatic heterocycles. The molecular weight excluding hydrogens is 494 g/mol. The summed E-state index contributed by atoms with van der Waals surface area (Å²) in [5.41, 5.74) is 3.50. The van der Waals surface area contributed by atoms with Crippen molar-refractivity contribution in [2.24, 2.45) is 0 Å². The van der Waals surface area contributed by atoms with Crippen molar-refractivity contribution in [1.29, 1.82) is 0 Å². The first-order valence-corrected chi connectivity index (χ1v) is 15.3. The molecule has 1 aliphatic carbocycles. The standard InChI is InChI=1S/C30H35N5O2S/c1-32(22-23-6-4-3-5-7-23)26-20-27(21-26)35-15-14-24-8-13-29(31-30(24)35)34-18-16-33(17-19-34)25-9-11-28(12-10-25)38(2,36)37/h3-15,26-27H,16-22H2,1-2H3/t26-,27-. The second-order valence-corrected chi connectivity index (χ2v) is 12.7. The number of nitrogens with zero attached hydrogens (tertiary/aromatic N) is 5. The number of hydrogen-bond acceptors (Lipinski definition) is 6. The number of sulfone groups is 1. The van der Waals surface area contributed by atoms with E-state index in [9.17, 15) is 8.42 Å². The Morgan fingerprint density at radius 1 is 0.868 bits per heavy atom. The Bertz CT molecular complexity index is 1500. The fourth-order valence-corrected chi connectivity index (χ4v) is 6.36. The molecular formula is C30H35N5O2S. The molecule has 0 unspecified atom stereocenters. The maximum absolute atomic E-state index is 11.8. The van der Waals surface area contributed by atoms with Crippen LogP contribution in [-0.2, 0) is 16.4 Å². The molecule has 6 rings (SSSR count). The largest absolute Gasteiger partial charge is 0.368 e. The van der Waals surface area contributed by atoms with E-state index in [1.54, 1.807) is 12.1 Å². The van der Waals surface area contributed by atoms with E-state index in [4.69, 9.17) is 4.98 Å². The number of pyridine rings is 1. The molecule has 1 aliphatic heterocycles. The van der Waals surface area contributed by atoms with Crippen molar-refractivity contribution in [1.82, 2.24) is 14.5 Å². The van der Waals surface area contributed by atoms with Gasteiger partial charge in [-0.3, -0.25) is 4.90 Å². The molecule has 7 nitrogen and oxygen atoms in total. The van der Waals surface area contributed by atoms with Crippen molar-refractivity contribution in [2.45, 2.75) is 36.4 Å². The van der Waals surface area contributed by atoms with Gasteiger partial charge in [0.2, 0.25) is 0 Å². The highest BCUT2D eigenvalue weighted by Crippen LogP contribution is 2.38. The van der Waals surface area contributed by atoms with Gasteiger partial charge < -0.3 is 14.4 Å². The molecule has 2 aromatic carbocycles. The topological polar surface area (TPSA) is 61.7 Å². The zero-order chi connectivity index (χ0) is 26.3. The van der Waals surface area contributed by atoms with Crippen molar-refractivity contribution in [3.8, 4) is 0 Å². The highest BCUT2D eigenvalue weighted by molar-refractivity contribution is 7.90. The van der Waals surface area contributed by atoms with Crippen molar-refractivity contribution in [3.63, 3.8) is 0 Å². The lowest BCUT2D eigenvalue weighted by molar-refractivity contribution is 0.102. The summed E-state index contributed by atoms with van der Waals surface area (Å²) >= 11 is 0. The average Bonchev–Trinajstić information content (AvgIpc) is 3.31. The zero-order valence-corrected chi connectivity index (χ0v) is 22.9. The molecule has 38 heavy (non-hydrogen) atoms. The van der Waals surface area contributed by atoms with Gasteiger partial charge in [0.1, 0.15) is 11.5 Å². The second-order valence-electron chi connectivity index (χ2n) is 10.7. The van der Waals surface area contributed by atoms with Gasteiger partial charge in [-0.2, -0.15) is 0 Å². The van der Waals surface area contributed by atoms with Gasteiger partial charge in [-0.1, -0.05) is 30.3 Å². The monoisotopic (exact) mass is 529 g/mol. The summed E-state index contributed by atoms with van der Waals surface area (Å²) in [5.74, 6) is 1.03. The first-order chi connectivity index (χ1) is 18.3. The summed E-state index contributed by atoms with van der Waals surface area (Å²) in [6, 6.07) is 25.5. The molecule has 0 bridgehead atoms. The van der Waals surface area contributed by atoms with E-state index in [0.717, 1.165) is 62.7 Å². The Hall–Kier alpha value is -3.36. The first kappa shape index (κ1) is 24.9. The van der Waals surface area contributed by atoms with Gasteiger partial charge in [-0.05, 0) is 67.9 Å².